The Balaban J connectivity index is 1.38. The van der Waals surface area contributed by atoms with Gasteiger partial charge in [-0.2, -0.15) is 11.3 Å². The summed E-state index contributed by atoms with van der Waals surface area (Å²) in [5, 5.41) is 14.2. The Hall–Kier alpha value is -3.07. The summed E-state index contributed by atoms with van der Waals surface area (Å²) in [6.45, 7) is 1.92. The third-order valence-corrected chi connectivity index (χ3v) is 5.50. The van der Waals surface area contributed by atoms with Crippen LogP contribution < -0.4 is 5.32 Å². The highest BCUT2D eigenvalue weighted by Gasteiger charge is 2.25. The van der Waals surface area contributed by atoms with Crippen molar-refractivity contribution < 1.29 is 9.59 Å². The highest BCUT2D eigenvalue weighted by atomic mass is 32.1. The van der Waals surface area contributed by atoms with Gasteiger partial charge >= 0.3 is 0 Å². The van der Waals surface area contributed by atoms with Gasteiger partial charge in [-0.3, -0.25) is 14.2 Å². The van der Waals surface area contributed by atoms with Crippen molar-refractivity contribution >= 4 is 23.2 Å². The lowest BCUT2D eigenvalue weighted by molar-refractivity contribution is 0.0670. The molecule has 1 N–H and O–H groups in total. The number of amides is 2. The molecule has 28 heavy (non-hydrogen) atoms. The largest absolute Gasteiger partial charge is 0.352 e. The number of carbonyl (C=O) groups excluding carboxylic acids is 2. The zero-order valence-electron chi connectivity index (χ0n) is 15.2. The van der Waals surface area contributed by atoms with Crippen LogP contribution in [0.4, 0.5) is 0 Å². The summed E-state index contributed by atoms with van der Waals surface area (Å²) in [7, 11) is 0. The smallest absolute Gasteiger partial charge is 0.254 e. The number of nitrogens with zero attached hydrogens (tertiary/aromatic N) is 5. The van der Waals surface area contributed by atoms with Crippen molar-refractivity contribution in [3.63, 3.8) is 0 Å². The molecule has 3 aromatic heterocycles. The van der Waals surface area contributed by atoms with Gasteiger partial charge < -0.3 is 10.2 Å². The second-order valence-electron chi connectivity index (χ2n) is 6.75. The highest BCUT2D eigenvalue weighted by molar-refractivity contribution is 7.08. The highest BCUT2D eigenvalue weighted by Crippen LogP contribution is 2.19. The molecule has 0 radical (unpaired) electrons. The number of likely N-dealkylation sites (tertiary alicyclic amines) is 1. The molecule has 0 bridgehead atoms. The van der Waals surface area contributed by atoms with Crippen molar-refractivity contribution in [1.82, 2.24) is 30.0 Å². The topological polar surface area (TPSA) is 93.0 Å². The van der Waals surface area contributed by atoms with Crippen molar-refractivity contribution in [3.8, 4) is 5.82 Å². The molecular weight excluding hydrogens is 376 g/mol. The average molecular weight is 396 g/mol. The zero-order valence-corrected chi connectivity index (χ0v) is 16.0. The first kappa shape index (κ1) is 18.3. The molecule has 1 fully saturated rings. The fraction of sp³-hybridized carbons (Fsp3) is 0.316. The average Bonchev–Trinajstić information content (AvgIpc) is 3.46. The van der Waals surface area contributed by atoms with E-state index in [0.717, 1.165) is 19.4 Å². The van der Waals surface area contributed by atoms with Gasteiger partial charge in [0, 0.05) is 42.3 Å². The summed E-state index contributed by atoms with van der Waals surface area (Å²) in [6, 6.07) is 5.28. The molecule has 144 valence electrons. The summed E-state index contributed by atoms with van der Waals surface area (Å²) in [5.74, 6) is 0.773. The van der Waals surface area contributed by atoms with E-state index in [1.807, 2.05) is 21.7 Å². The molecule has 2 amide bonds. The molecule has 0 spiro atoms. The molecule has 8 nitrogen and oxygen atoms in total. The molecule has 1 saturated heterocycles. The van der Waals surface area contributed by atoms with Gasteiger partial charge in [-0.25, -0.2) is 4.98 Å². The van der Waals surface area contributed by atoms with E-state index >= 15 is 0 Å². The Bertz CT molecular complexity index is 941. The summed E-state index contributed by atoms with van der Waals surface area (Å²) in [4.78, 5) is 31.2. The van der Waals surface area contributed by atoms with Gasteiger partial charge in [0.2, 0.25) is 0 Å². The Morgan fingerprint density at radius 2 is 2.07 bits per heavy atom. The van der Waals surface area contributed by atoms with Crippen LogP contribution in [0.15, 0.2) is 47.8 Å². The van der Waals surface area contributed by atoms with E-state index < -0.39 is 0 Å². The summed E-state index contributed by atoms with van der Waals surface area (Å²) in [5.41, 5.74) is 1.27. The number of thiophene rings is 1. The van der Waals surface area contributed by atoms with E-state index in [2.05, 4.69) is 20.5 Å². The number of piperidine rings is 1. The van der Waals surface area contributed by atoms with Gasteiger partial charge in [0.1, 0.15) is 18.5 Å². The fourth-order valence-corrected chi connectivity index (χ4v) is 3.98. The number of rotatable bonds is 5. The molecule has 0 aliphatic carbocycles. The fourth-order valence-electron chi connectivity index (χ4n) is 3.34. The van der Waals surface area contributed by atoms with Crippen LogP contribution >= 0.6 is 11.3 Å². The Morgan fingerprint density at radius 3 is 2.86 bits per heavy atom. The first-order valence-corrected chi connectivity index (χ1v) is 10.1. The van der Waals surface area contributed by atoms with E-state index in [0.29, 0.717) is 30.0 Å². The van der Waals surface area contributed by atoms with Crippen molar-refractivity contribution in [2.24, 2.45) is 5.92 Å². The minimum atomic E-state index is -0.0579. The van der Waals surface area contributed by atoms with Gasteiger partial charge in [0.05, 0.1) is 0 Å². The predicted octanol–water partition coefficient (Wildman–Crippen LogP) is 2.01. The minimum absolute atomic E-state index is 0.0226. The van der Waals surface area contributed by atoms with Crippen LogP contribution in [-0.4, -0.2) is 56.1 Å². The number of aromatic nitrogens is 4. The first-order chi connectivity index (χ1) is 13.7. The molecule has 1 aliphatic heterocycles. The molecule has 3 aromatic rings. The maximum atomic E-state index is 13.0. The molecule has 0 aromatic carbocycles. The van der Waals surface area contributed by atoms with Gasteiger partial charge in [-0.15, -0.1) is 10.2 Å². The predicted molar refractivity (Wildman–Crippen MR) is 104 cm³/mol. The van der Waals surface area contributed by atoms with Gasteiger partial charge in [-0.1, -0.05) is 0 Å². The number of pyridine rings is 1. The number of carbonyl (C=O) groups is 2. The third kappa shape index (κ3) is 4.09. The molecule has 1 unspecified atom stereocenters. The van der Waals surface area contributed by atoms with Crippen molar-refractivity contribution in [3.05, 3.63) is 58.9 Å². The molecule has 4 rings (SSSR count). The first-order valence-electron chi connectivity index (χ1n) is 9.11. The molecule has 1 aliphatic rings. The molecule has 1 atom stereocenters. The maximum absolute atomic E-state index is 13.0. The van der Waals surface area contributed by atoms with Crippen LogP contribution in [0, 0.1) is 5.92 Å². The Kier molecular flexibility index (Phi) is 5.43. The number of hydrogen-bond donors (Lipinski definition) is 1. The van der Waals surface area contributed by atoms with Crippen molar-refractivity contribution in [2.75, 3.05) is 19.6 Å². The standard InChI is InChI=1S/C19H20N6O2S/c26-18(16-4-7-28-11-16)21-9-14-2-1-6-24(10-14)19(27)15-3-5-20-17(8-15)25-12-22-23-13-25/h3-5,7-8,11-14H,1-2,6,9-10H2,(H,21,26). The van der Waals surface area contributed by atoms with Gasteiger partial charge in [0.15, 0.2) is 0 Å². The Morgan fingerprint density at radius 1 is 1.21 bits per heavy atom. The summed E-state index contributed by atoms with van der Waals surface area (Å²) in [6.07, 6.45) is 6.63. The zero-order chi connectivity index (χ0) is 19.3. The van der Waals surface area contributed by atoms with Gasteiger partial charge in [0.25, 0.3) is 11.8 Å². The lowest BCUT2D eigenvalue weighted by Gasteiger charge is -2.33. The molecule has 0 saturated carbocycles. The maximum Gasteiger partial charge on any atom is 0.254 e. The van der Waals surface area contributed by atoms with E-state index in [-0.39, 0.29) is 17.7 Å². The van der Waals surface area contributed by atoms with E-state index in [9.17, 15) is 9.59 Å². The minimum Gasteiger partial charge on any atom is -0.352 e. The van der Waals surface area contributed by atoms with Crippen LogP contribution in [-0.2, 0) is 0 Å². The number of nitrogens with one attached hydrogen (secondary N) is 1. The van der Waals surface area contributed by atoms with Crippen LogP contribution in [0.5, 0.6) is 0 Å². The molecule has 4 heterocycles. The summed E-state index contributed by atoms with van der Waals surface area (Å²) >= 11 is 1.50. The quantitative estimate of drug-likeness (QED) is 0.712. The third-order valence-electron chi connectivity index (χ3n) is 4.82. The normalized spacial score (nSPS) is 16.7. The van der Waals surface area contributed by atoms with Crippen molar-refractivity contribution in [1.29, 1.82) is 0 Å². The van der Waals surface area contributed by atoms with E-state index in [1.165, 1.54) is 11.3 Å². The monoisotopic (exact) mass is 396 g/mol. The van der Waals surface area contributed by atoms with Gasteiger partial charge in [-0.05, 0) is 42.3 Å². The molecule has 9 heteroatoms. The van der Waals surface area contributed by atoms with Crippen LogP contribution in [0.3, 0.4) is 0 Å². The van der Waals surface area contributed by atoms with E-state index in [1.54, 1.807) is 35.6 Å². The molecular formula is C19H20N6O2S. The van der Waals surface area contributed by atoms with Crippen LogP contribution in [0.1, 0.15) is 33.6 Å². The second kappa shape index (κ2) is 8.30. The Labute approximate surface area is 166 Å². The lowest BCUT2D eigenvalue weighted by Crippen LogP contribution is -2.43. The van der Waals surface area contributed by atoms with E-state index in [4.69, 9.17) is 0 Å². The second-order valence-corrected chi connectivity index (χ2v) is 7.53. The van der Waals surface area contributed by atoms with Crippen LogP contribution in [0.2, 0.25) is 0 Å². The summed E-state index contributed by atoms with van der Waals surface area (Å²) < 4.78 is 1.66. The lowest BCUT2D eigenvalue weighted by atomic mass is 9.97. The SMILES string of the molecule is O=C(NCC1CCCN(C(=O)c2ccnc(-n3cnnc3)c2)C1)c1ccsc1. The van der Waals surface area contributed by atoms with Crippen molar-refractivity contribution in [2.45, 2.75) is 12.8 Å². The van der Waals surface area contributed by atoms with Crippen LogP contribution in [0.25, 0.3) is 5.82 Å². The number of hydrogen-bond acceptors (Lipinski definition) is 6.